The summed E-state index contributed by atoms with van der Waals surface area (Å²) in [6, 6.07) is 5.99. The van der Waals surface area contributed by atoms with Gasteiger partial charge in [0.05, 0.1) is 6.20 Å². The smallest absolute Gasteiger partial charge is 0.246 e. The van der Waals surface area contributed by atoms with E-state index in [1.807, 2.05) is 18.9 Å². The van der Waals surface area contributed by atoms with Crippen LogP contribution in [0.4, 0.5) is 21.8 Å². The van der Waals surface area contributed by atoms with Gasteiger partial charge in [-0.2, -0.15) is 4.98 Å². The second-order valence-corrected chi connectivity index (χ2v) is 6.71. The van der Waals surface area contributed by atoms with Crippen molar-refractivity contribution in [3.63, 3.8) is 0 Å². The van der Waals surface area contributed by atoms with E-state index in [2.05, 4.69) is 20.6 Å². The number of anilines is 3. The van der Waals surface area contributed by atoms with Gasteiger partial charge in [0.25, 0.3) is 0 Å². The Bertz CT molecular complexity index is 823. The molecule has 1 fully saturated rings. The zero-order chi connectivity index (χ0) is 18.3. The number of hydrogen-bond donors (Lipinski definition) is 2. The Labute approximate surface area is 150 Å². The third-order valence-electron chi connectivity index (χ3n) is 4.87. The number of likely N-dealkylation sites (N-methyl/N-ethyl adjacent to an activating group) is 1. The van der Waals surface area contributed by atoms with Crippen molar-refractivity contribution in [1.82, 2.24) is 9.97 Å². The Morgan fingerprint density at radius 2 is 2.04 bits per heavy atom. The molecule has 0 unspecified atom stereocenters. The van der Waals surface area contributed by atoms with Crippen LogP contribution in [-0.4, -0.2) is 41.1 Å². The Kier molecular flexibility index (Phi) is 4.10. The van der Waals surface area contributed by atoms with E-state index in [1.165, 1.54) is 12.1 Å². The SMILES string of the molecule is C[C@H]1C(=O)Nc2cnc(NC3CC(Oc4ccc(F)cc4)C3)nc2N1C. The van der Waals surface area contributed by atoms with Gasteiger partial charge in [-0.3, -0.25) is 4.79 Å². The Morgan fingerprint density at radius 3 is 2.77 bits per heavy atom. The second kappa shape index (κ2) is 6.44. The minimum Gasteiger partial charge on any atom is -0.490 e. The first kappa shape index (κ1) is 16.6. The molecule has 0 radical (unpaired) electrons. The maximum Gasteiger partial charge on any atom is 0.246 e. The summed E-state index contributed by atoms with van der Waals surface area (Å²) >= 11 is 0. The van der Waals surface area contributed by atoms with E-state index in [0.29, 0.717) is 23.2 Å². The van der Waals surface area contributed by atoms with Crippen molar-refractivity contribution in [1.29, 1.82) is 0 Å². The number of aromatic nitrogens is 2. The van der Waals surface area contributed by atoms with Gasteiger partial charge in [-0.1, -0.05) is 0 Å². The number of carbonyl (C=O) groups excluding carboxylic acids is 1. The van der Waals surface area contributed by atoms with Gasteiger partial charge in [0.15, 0.2) is 5.82 Å². The Morgan fingerprint density at radius 1 is 1.31 bits per heavy atom. The van der Waals surface area contributed by atoms with Gasteiger partial charge in [0.1, 0.15) is 29.4 Å². The lowest BCUT2D eigenvalue weighted by Crippen LogP contribution is -2.45. The molecule has 7 nitrogen and oxygen atoms in total. The van der Waals surface area contributed by atoms with E-state index in [1.54, 1.807) is 18.3 Å². The van der Waals surface area contributed by atoms with Crippen molar-refractivity contribution >= 4 is 23.4 Å². The summed E-state index contributed by atoms with van der Waals surface area (Å²) in [6.45, 7) is 1.83. The van der Waals surface area contributed by atoms with Crippen molar-refractivity contribution in [3.8, 4) is 5.75 Å². The number of rotatable bonds is 4. The predicted octanol–water partition coefficient (Wildman–Crippen LogP) is 2.41. The third kappa shape index (κ3) is 3.14. The average molecular weight is 357 g/mol. The fraction of sp³-hybridized carbons (Fsp3) is 0.389. The lowest BCUT2D eigenvalue weighted by atomic mass is 9.89. The van der Waals surface area contributed by atoms with Crippen LogP contribution < -0.4 is 20.3 Å². The number of halogens is 1. The highest BCUT2D eigenvalue weighted by Crippen LogP contribution is 2.31. The summed E-state index contributed by atoms with van der Waals surface area (Å²) < 4.78 is 18.7. The zero-order valence-electron chi connectivity index (χ0n) is 14.6. The molecule has 26 heavy (non-hydrogen) atoms. The first-order valence-corrected chi connectivity index (χ1v) is 8.59. The quantitative estimate of drug-likeness (QED) is 0.875. The topological polar surface area (TPSA) is 79.4 Å². The highest BCUT2D eigenvalue weighted by Gasteiger charge is 2.33. The van der Waals surface area contributed by atoms with Gasteiger partial charge in [-0.05, 0) is 31.2 Å². The minimum atomic E-state index is -0.276. The number of ether oxygens (including phenoxy) is 1. The fourth-order valence-corrected chi connectivity index (χ4v) is 3.06. The maximum absolute atomic E-state index is 12.9. The maximum atomic E-state index is 12.9. The summed E-state index contributed by atoms with van der Waals surface area (Å²) in [5.74, 6) is 1.57. The highest BCUT2D eigenvalue weighted by atomic mass is 19.1. The van der Waals surface area contributed by atoms with Gasteiger partial charge in [-0.15, -0.1) is 0 Å². The van der Waals surface area contributed by atoms with E-state index in [9.17, 15) is 9.18 Å². The summed E-state index contributed by atoms with van der Waals surface area (Å²) in [4.78, 5) is 22.5. The fourth-order valence-electron chi connectivity index (χ4n) is 3.06. The molecular formula is C18H20FN5O2. The molecular weight excluding hydrogens is 337 g/mol. The van der Waals surface area contributed by atoms with Crippen LogP contribution in [0.3, 0.4) is 0 Å². The first-order chi connectivity index (χ1) is 12.5. The first-order valence-electron chi connectivity index (χ1n) is 8.59. The normalized spacial score (nSPS) is 24.3. The van der Waals surface area contributed by atoms with Gasteiger partial charge in [0, 0.05) is 25.9 Å². The van der Waals surface area contributed by atoms with Crippen LogP contribution in [0.15, 0.2) is 30.5 Å². The number of hydrogen-bond acceptors (Lipinski definition) is 6. The summed E-state index contributed by atoms with van der Waals surface area (Å²) in [7, 11) is 1.84. The van der Waals surface area contributed by atoms with Crippen molar-refractivity contribution in [2.24, 2.45) is 0 Å². The number of amides is 1. The molecule has 8 heteroatoms. The Balaban J connectivity index is 1.35. The van der Waals surface area contributed by atoms with Crippen molar-refractivity contribution in [2.75, 3.05) is 22.6 Å². The molecule has 1 aliphatic heterocycles. The molecule has 0 bridgehead atoms. The predicted molar refractivity (Wildman–Crippen MR) is 96.0 cm³/mol. The largest absolute Gasteiger partial charge is 0.490 e. The number of carbonyl (C=O) groups is 1. The van der Waals surface area contributed by atoms with Crippen LogP contribution >= 0.6 is 0 Å². The van der Waals surface area contributed by atoms with Crippen LogP contribution in [0.25, 0.3) is 0 Å². The van der Waals surface area contributed by atoms with Gasteiger partial charge in [0.2, 0.25) is 11.9 Å². The molecule has 0 spiro atoms. The van der Waals surface area contributed by atoms with Crippen molar-refractivity contribution in [3.05, 3.63) is 36.3 Å². The molecule has 1 saturated carbocycles. The summed E-state index contributed by atoms with van der Waals surface area (Å²) in [5.41, 5.74) is 0.618. The molecule has 2 N–H and O–H groups in total. The zero-order valence-corrected chi connectivity index (χ0v) is 14.6. The lowest BCUT2D eigenvalue weighted by molar-refractivity contribution is -0.117. The molecule has 2 aromatic rings. The van der Waals surface area contributed by atoms with Crippen LogP contribution in [0.1, 0.15) is 19.8 Å². The van der Waals surface area contributed by atoms with Crippen LogP contribution in [-0.2, 0) is 4.79 Å². The van der Waals surface area contributed by atoms with E-state index in [4.69, 9.17) is 4.74 Å². The van der Waals surface area contributed by atoms with E-state index in [-0.39, 0.29) is 29.9 Å². The van der Waals surface area contributed by atoms with Crippen LogP contribution in [0.2, 0.25) is 0 Å². The molecule has 0 saturated heterocycles. The van der Waals surface area contributed by atoms with E-state index < -0.39 is 0 Å². The summed E-state index contributed by atoms with van der Waals surface area (Å²) in [6.07, 6.45) is 3.36. The van der Waals surface area contributed by atoms with Gasteiger partial charge in [-0.25, -0.2) is 9.37 Å². The molecule has 136 valence electrons. The highest BCUT2D eigenvalue weighted by molar-refractivity contribution is 6.02. The monoisotopic (exact) mass is 357 g/mol. The molecule has 1 aromatic heterocycles. The summed E-state index contributed by atoms with van der Waals surface area (Å²) in [5, 5.41) is 6.11. The van der Waals surface area contributed by atoms with Crippen molar-refractivity contribution in [2.45, 2.75) is 38.0 Å². The Hall–Kier alpha value is -2.90. The van der Waals surface area contributed by atoms with Gasteiger partial charge >= 0.3 is 0 Å². The number of benzene rings is 1. The minimum absolute atomic E-state index is 0.0657. The van der Waals surface area contributed by atoms with Gasteiger partial charge < -0.3 is 20.3 Å². The number of nitrogens with one attached hydrogen (secondary N) is 2. The standard InChI is InChI=1S/C18H20FN5O2/c1-10-17(25)22-15-9-20-18(23-16(15)24(10)2)21-12-7-14(8-12)26-13-5-3-11(19)4-6-13/h3-6,9-10,12,14H,7-8H2,1-2H3,(H,22,25)(H,20,21,23)/t10-,12?,14?/m0/s1. The average Bonchev–Trinajstić information content (AvgIpc) is 2.60. The molecule has 1 atom stereocenters. The molecule has 2 aliphatic rings. The molecule has 4 rings (SSSR count). The van der Waals surface area contributed by atoms with Crippen molar-refractivity contribution < 1.29 is 13.9 Å². The third-order valence-corrected chi connectivity index (χ3v) is 4.87. The lowest BCUT2D eigenvalue weighted by Gasteiger charge is -2.36. The van der Waals surface area contributed by atoms with Crippen LogP contribution in [0, 0.1) is 5.82 Å². The number of nitrogens with zero attached hydrogens (tertiary/aromatic N) is 3. The van der Waals surface area contributed by atoms with Crippen LogP contribution in [0.5, 0.6) is 5.75 Å². The molecule has 1 aliphatic carbocycles. The molecule has 2 heterocycles. The molecule has 1 amide bonds. The van der Waals surface area contributed by atoms with E-state index in [0.717, 1.165) is 12.8 Å². The second-order valence-electron chi connectivity index (χ2n) is 6.71. The number of fused-ring (bicyclic) bond motifs is 1. The van der Waals surface area contributed by atoms with E-state index >= 15 is 0 Å². The molecule has 1 aromatic carbocycles.